The fourth-order valence-corrected chi connectivity index (χ4v) is 1.97. The van der Waals surface area contributed by atoms with Gasteiger partial charge in [-0.05, 0) is 30.7 Å². The summed E-state index contributed by atoms with van der Waals surface area (Å²) in [4.78, 5) is 24.2. The predicted octanol–water partition coefficient (Wildman–Crippen LogP) is 2.35. The maximum atomic E-state index is 12.1. The van der Waals surface area contributed by atoms with Gasteiger partial charge in [0.2, 0.25) is 0 Å². The van der Waals surface area contributed by atoms with Crippen molar-refractivity contribution in [1.29, 1.82) is 5.26 Å². The number of carbonyl (C=O) groups excluding carboxylic acids is 2. The van der Waals surface area contributed by atoms with Gasteiger partial charge in [0, 0.05) is 17.6 Å². The normalized spacial score (nSPS) is 10.6. The maximum absolute atomic E-state index is 12.1. The van der Waals surface area contributed by atoms with E-state index in [2.05, 4.69) is 10.6 Å². The number of benzene rings is 2. The number of nitrogens with zero attached hydrogens (tertiary/aromatic N) is 1. The topological polar surface area (TPSA) is 108 Å². The average Bonchev–Trinajstić information content (AvgIpc) is 2.57. The van der Waals surface area contributed by atoms with Crippen LogP contribution in [0.1, 0.15) is 15.9 Å². The molecule has 6 nitrogen and oxygen atoms in total. The Hall–Kier alpha value is -3.59. The molecule has 0 unspecified atom stereocenters. The van der Waals surface area contributed by atoms with Crippen LogP contribution in [0.4, 0.5) is 11.4 Å². The van der Waals surface area contributed by atoms with E-state index in [1.54, 1.807) is 42.5 Å². The van der Waals surface area contributed by atoms with Crippen molar-refractivity contribution in [3.8, 4) is 6.07 Å². The molecule has 0 aliphatic heterocycles. The SMILES string of the molecule is Cc1ccccc1NC(=O)/C(C#N)=C\NC(=O)c1ccccc1N. The number of rotatable bonds is 4. The monoisotopic (exact) mass is 320 g/mol. The van der Waals surface area contributed by atoms with Crippen LogP contribution in [0.3, 0.4) is 0 Å². The number of para-hydroxylation sites is 2. The van der Waals surface area contributed by atoms with Gasteiger partial charge in [-0.2, -0.15) is 5.26 Å². The fourth-order valence-electron chi connectivity index (χ4n) is 1.97. The van der Waals surface area contributed by atoms with E-state index in [-0.39, 0.29) is 11.1 Å². The van der Waals surface area contributed by atoms with Crippen molar-refractivity contribution >= 4 is 23.2 Å². The summed E-state index contributed by atoms with van der Waals surface area (Å²) in [6.07, 6.45) is 1.07. The molecule has 0 saturated carbocycles. The Kier molecular flexibility index (Phi) is 5.32. The highest BCUT2D eigenvalue weighted by Gasteiger charge is 2.12. The zero-order valence-electron chi connectivity index (χ0n) is 13.0. The minimum Gasteiger partial charge on any atom is -0.398 e. The zero-order valence-corrected chi connectivity index (χ0v) is 13.0. The second kappa shape index (κ2) is 7.61. The Labute approximate surface area is 139 Å². The summed E-state index contributed by atoms with van der Waals surface area (Å²) in [5.74, 6) is -1.10. The number of amides is 2. The molecule has 24 heavy (non-hydrogen) atoms. The van der Waals surface area contributed by atoms with Crippen molar-refractivity contribution in [2.75, 3.05) is 11.1 Å². The van der Waals surface area contributed by atoms with Crippen molar-refractivity contribution in [3.05, 3.63) is 71.4 Å². The number of carbonyl (C=O) groups is 2. The van der Waals surface area contributed by atoms with Gasteiger partial charge in [-0.15, -0.1) is 0 Å². The first kappa shape index (κ1) is 16.8. The molecular formula is C18H16N4O2. The van der Waals surface area contributed by atoms with Gasteiger partial charge in [-0.1, -0.05) is 30.3 Å². The van der Waals surface area contributed by atoms with Gasteiger partial charge in [0.1, 0.15) is 11.6 Å². The van der Waals surface area contributed by atoms with Crippen molar-refractivity contribution < 1.29 is 9.59 Å². The number of nitrogens with two attached hydrogens (primary N) is 1. The fraction of sp³-hybridized carbons (Fsp3) is 0.0556. The van der Waals surface area contributed by atoms with Crippen LogP contribution in [0, 0.1) is 18.3 Å². The van der Waals surface area contributed by atoms with E-state index in [0.29, 0.717) is 11.4 Å². The van der Waals surface area contributed by atoms with E-state index in [1.165, 1.54) is 0 Å². The van der Waals surface area contributed by atoms with E-state index in [0.717, 1.165) is 11.8 Å². The van der Waals surface area contributed by atoms with Crippen LogP contribution in [-0.2, 0) is 4.79 Å². The van der Waals surface area contributed by atoms with Gasteiger partial charge in [0.15, 0.2) is 0 Å². The molecule has 2 aromatic carbocycles. The largest absolute Gasteiger partial charge is 0.398 e. The number of nitrogens with one attached hydrogen (secondary N) is 2. The summed E-state index contributed by atoms with van der Waals surface area (Å²) >= 11 is 0. The Morgan fingerprint density at radius 3 is 2.46 bits per heavy atom. The van der Waals surface area contributed by atoms with Gasteiger partial charge in [-0.25, -0.2) is 0 Å². The van der Waals surface area contributed by atoms with Crippen molar-refractivity contribution in [1.82, 2.24) is 5.32 Å². The molecule has 6 heteroatoms. The van der Waals surface area contributed by atoms with Crippen molar-refractivity contribution in [2.24, 2.45) is 0 Å². The minimum absolute atomic E-state index is 0.221. The highest BCUT2D eigenvalue weighted by atomic mass is 16.2. The number of hydrogen-bond donors (Lipinski definition) is 3. The smallest absolute Gasteiger partial charge is 0.267 e. The third kappa shape index (κ3) is 3.99. The first-order valence-electron chi connectivity index (χ1n) is 7.15. The molecule has 0 aliphatic rings. The second-order valence-corrected chi connectivity index (χ2v) is 5.00. The minimum atomic E-state index is -0.604. The number of nitriles is 1. The molecular weight excluding hydrogens is 304 g/mol. The molecule has 0 saturated heterocycles. The van der Waals surface area contributed by atoms with Crippen LogP contribution in [0.5, 0.6) is 0 Å². The summed E-state index contributed by atoms with van der Waals surface area (Å²) in [6.45, 7) is 1.84. The molecule has 0 spiro atoms. The number of hydrogen-bond acceptors (Lipinski definition) is 4. The van der Waals surface area contributed by atoms with Gasteiger partial charge in [0.05, 0.1) is 5.56 Å². The molecule has 2 amide bonds. The number of aryl methyl sites for hydroxylation is 1. The van der Waals surface area contributed by atoms with Crippen LogP contribution in [-0.4, -0.2) is 11.8 Å². The first-order chi connectivity index (χ1) is 11.5. The van der Waals surface area contributed by atoms with Crippen LogP contribution in [0.2, 0.25) is 0 Å². The second-order valence-electron chi connectivity index (χ2n) is 5.00. The van der Waals surface area contributed by atoms with Gasteiger partial charge >= 0.3 is 0 Å². The molecule has 2 rings (SSSR count). The van der Waals surface area contributed by atoms with Crippen LogP contribution in [0.15, 0.2) is 60.3 Å². The van der Waals surface area contributed by atoms with Crippen LogP contribution >= 0.6 is 0 Å². The lowest BCUT2D eigenvalue weighted by atomic mass is 10.1. The molecule has 0 aliphatic carbocycles. The van der Waals surface area contributed by atoms with Crippen LogP contribution < -0.4 is 16.4 Å². The molecule has 0 heterocycles. The molecule has 0 aromatic heterocycles. The summed E-state index contributed by atoms with van der Waals surface area (Å²) in [5.41, 5.74) is 7.54. The number of nitrogen functional groups attached to an aromatic ring is 1. The summed E-state index contributed by atoms with van der Waals surface area (Å²) in [6, 6.07) is 15.5. The molecule has 0 fully saturated rings. The predicted molar refractivity (Wildman–Crippen MR) is 91.8 cm³/mol. The Morgan fingerprint density at radius 2 is 1.79 bits per heavy atom. The molecule has 2 aromatic rings. The Balaban J connectivity index is 2.11. The average molecular weight is 320 g/mol. The standard InChI is InChI=1S/C18H16N4O2/c1-12-6-2-5-9-16(12)22-17(23)13(10-19)11-21-18(24)14-7-3-4-8-15(14)20/h2-9,11H,20H2,1H3,(H,21,24)(H,22,23)/b13-11-. The van der Waals surface area contributed by atoms with Crippen molar-refractivity contribution in [3.63, 3.8) is 0 Å². The third-order valence-corrected chi connectivity index (χ3v) is 3.31. The van der Waals surface area contributed by atoms with E-state index >= 15 is 0 Å². The third-order valence-electron chi connectivity index (χ3n) is 3.31. The number of anilines is 2. The summed E-state index contributed by atoms with van der Waals surface area (Å²) < 4.78 is 0. The molecule has 4 N–H and O–H groups in total. The van der Waals surface area contributed by atoms with Crippen molar-refractivity contribution in [2.45, 2.75) is 6.92 Å². The van der Waals surface area contributed by atoms with Gasteiger partial charge in [0.25, 0.3) is 11.8 Å². The quantitative estimate of drug-likeness (QED) is 0.456. The highest BCUT2D eigenvalue weighted by Crippen LogP contribution is 2.14. The lowest BCUT2D eigenvalue weighted by Gasteiger charge is -2.08. The zero-order chi connectivity index (χ0) is 17.5. The first-order valence-corrected chi connectivity index (χ1v) is 7.15. The summed E-state index contributed by atoms with van der Waals surface area (Å²) in [7, 11) is 0. The van der Waals surface area contributed by atoms with E-state index < -0.39 is 11.8 Å². The maximum Gasteiger partial charge on any atom is 0.267 e. The van der Waals surface area contributed by atoms with E-state index in [9.17, 15) is 9.59 Å². The van der Waals surface area contributed by atoms with Gasteiger partial charge < -0.3 is 16.4 Å². The molecule has 0 atom stereocenters. The van der Waals surface area contributed by atoms with Crippen LogP contribution in [0.25, 0.3) is 0 Å². The van der Waals surface area contributed by atoms with Gasteiger partial charge in [-0.3, -0.25) is 9.59 Å². The molecule has 120 valence electrons. The molecule has 0 radical (unpaired) electrons. The summed E-state index contributed by atoms with van der Waals surface area (Å²) in [5, 5.41) is 14.2. The molecule has 0 bridgehead atoms. The highest BCUT2D eigenvalue weighted by molar-refractivity contribution is 6.07. The van der Waals surface area contributed by atoms with E-state index in [1.807, 2.05) is 19.1 Å². The van der Waals surface area contributed by atoms with E-state index in [4.69, 9.17) is 11.0 Å². The Bertz CT molecular complexity index is 850. The Morgan fingerprint density at radius 1 is 1.12 bits per heavy atom. The lowest BCUT2D eigenvalue weighted by Crippen LogP contribution is -2.22. The lowest BCUT2D eigenvalue weighted by molar-refractivity contribution is -0.112.